The van der Waals surface area contributed by atoms with E-state index < -0.39 is 22.5 Å². The second kappa shape index (κ2) is 5.25. The van der Waals surface area contributed by atoms with Crippen LogP contribution in [0.1, 0.15) is 60.3 Å². The molecule has 134 valence electrons. The van der Waals surface area contributed by atoms with Gasteiger partial charge in [-0.05, 0) is 48.2 Å². The molecule has 0 saturated heterocycles. The lowest BCUT2D eigenvalue weighted by molar-refractivity contribution is -0.145. The van der Waals surface area contributed by atoms with Crippen LogP contribution in [0.15, 0.2) is 11.6 Å². The van der Waals surface area contributed by atoms with Gasteiger partial charge in [-0.3, -0.25) is 9.59 Å². The van der Waals surface area contributed by atoms with Crippen LogP contribution in [0.5, 0.6) is 0 Å². The van der Waals surface area contributed by atoms with Gasteiger partial charge in [-0.25, -0.2) is 0 Å². The SMILES string of the molecule is CC(C)[C@@]1(O)C(=O)C[C@]2(C)C[C@]3(O)C(=CC(=O)[C@H]3C)[C@@H](C)CC[C@H]21. The molecule has 0 bridgehead atoms. The van der Waals surface area contributed by atoms with Crippen LogP contribution in [0.2, 0.25) is 0 Å². The van der Waals surface area contributed by atoms with Crippen molar-refractivity contribution in [3.8, 4) is 0 Å². The number of Topliss-reactive ketones (excluding diaryl/α,β-unsaturated/α-hetero) is 1. The number of rotatable bonds is 1. The normalized spacial score (nSPS) is 48.8. The summed E-state index contributed by atoms with van der Waals surface area (Å²) in [6.07, 6.45) is 3.79. The van der Waals surface area contributed by atoms with E-state index in [0.29, 0.717) is 6.42 Å². The van der Waals surface area contributed by atoms with E-state index in [-0.39, 0.29) is 35.7 Å². The molecule has 0 amide bonds. The molecule has 4 nitrogen and oxygen atoms in total. The lowest BCUT2D eigenvalue weighted by atomic mass is 9.60. The molecule has 0 heterocycles. The third kappa shape index (κ3) is 2.12. The zero-order valence-electron chi connectivity index (χ0n) is 15.4. The minimum absolute atomic E-state index is 0.0233. The molecular formula is C20H30O4. The van der Waals surface area contributed by atoms with E-state index >= 15 is 0 Å². The number of aliphatic hydroxyl groups is 2. The first-order valence-corrected chi connectivity index (χ1v) is 9.20. The van der Waals surface area contributed by atoms with Gasteiger partial charge in [-0.2, -0.15) is 0 Å². The summed E-state index contributed by atoms with van der Waals surface area (Å²) in [6, 6.07) is 0. The summed E-state index contributed by atoms with van der Waals surface area (Å²) >= 11 is 0. The smallest absolute Gasteiger partial charge is 0.165 e. The second-order valence-corrected chi connectivity index (χ2v) is 9.09. The fourth-order valence-corrected chi connectivity index (χ4v) is 5.74. The highest BCUT2D eigenvalue weighted by Crippen LogP contribution is 2.60. The molecule has 6 atom stereocenters. The molecule has 3 aliphatic rings. The molecule has 2 fully saturated rings. The van der Waals surface area contributed by atoms with Gasteiger partial charge in [0.15, 0.2) is 11.6 Å². The number of allylic oxidation sites excluding steroid dienone is 1. The minimum atomic E-state index is -1.32. The molecule has 2 saturated carbocycles. The highest BCUT2D eigenvalue weighted by molar-refractivity contribution is 5.97. The Kier molecular flexibility index (Phi) is 3.89. The third-order valence-corrected chi connectivity index (χ3v) is 7.30. The second-order valence-electron chi connectivity index (χ2n) is 9.09. The van der Waals surface area contributed by atoms with Crippen LogP contribution in [-0.4, -0.2) is 33.0 Å². The summed E-state index contributed by atoms with van der Waals surface area (Å²) in [5, 5.41) is 22.7. The van der Waals surface area contributed by atoms with Crippen LogP contribution in [0.4, 0.5) is 0 Å². The molecule has 24 heavy (non-hydrogen) atoms. The molecule has 2 N–H and O–H groups in total. The van der Waals surface area contributed by atoms with Crippen molar-refractivity contribution in [2.75, 3.05) is 0 Å². The fraction of sp³-hybridized carbons (Fsp3) is 0.800. The van der Waals surface area contributed by atoms with Crippen LogP contribution < -0.4 is 0 Å². The summed E-state index contributed by atoms with van der Waals surface area (Å²) in [5.41, 5.74) is -2.17. The van der Waals surface area contributed by atoms with Crippen molar-refractivity contribution in [2.45, 2.75) is 71.5 Å². The summed E-state index contributed by atoms with van der Waals surface area (Å²) in [6.45, 7) is 9.62. The third-order valence-electron chi connectivity index (χ3n) is 7.30. The van der Waals surface area contributed by atoms with Gasteiger partial charge >= 0.3 is 0 Å². The molecule has 3 aliphatic carbocycles. The van der Waals surface area contributed by atoms with E-state index in [9.17, 15) is 19.8 Å². The zero-order chi connectivity index (χ0) is 18.1. The molecule has 3 rings (SSSR count). The van der Waals surface area contributed by atoms with Crippen molar-refractivity contribution in [2.24, 2.45) is 29.1 Å². The van der Waals surface area contributed by atoms with Gasteiger partial charge in [-0.15, -0.1) is 0 Å². The van der Waals surface area contributed by atoms with Gasteiger partial charge in [0.05, 0.1) is 11.5 Å². The average Bonchev–Trinajstić information content (AvgIpc) is 2.80. The van der Waals surface area contributed by atoms with E-state index in [4.69, 9.17) is 0 Å². The van der Waals surface area contributed by atoms with E-state index in [2.05, 4.69) is 0 Å². The molecule has 0 aromatic carbocycles. The van der Waals surface area contributed by atoms with E-state index in [0.717, 1.165) is 18.4 Å². The van der Waals surface area contributed by atoms with Crippen LogP contribution in [0.25, 0.3) is 0 Å². The maximum Gasteiger partial charge on any atom is 0.165 e. The van der Waals surface area contributed by atoms with Crippen LogP contribution in [-0.2, 0) is 9.59 Å². The molecule has 0 aromatic rings. The fourth-order valence-electron chi connectivity index (χ4n) is 5.74. The maximum atomic E-state index is 12.7. The molecule has 0 unspecified atom stereocenters. The number of carbonyl (C=O) groups is 2. The van der Waals surface area contributed by atoms with Crippen molar-refractivity contribution in [1.29, 1.82) is 0 Å². The van der Waals surface area contributed by atoms with Crippen molar-refractivity contribution in [3.63, 3.8) is 0 Å². The van der Waals surface area contributed by atoms with E-state index in [1.165, 1.54) is 0 Å². The number of hydrogen-bond donors (Lipinski definition) is 2. The standard InChI is InChI=1S/C20H30O4/c1-11(2)20(24)16-7-6-12(3)14-8-15(21)13(4)19(14,23)10-18(16,5)9-17(20)22/h8,11-13,16,23-24H,6-7,9-10H2,1-5H3/t12-,13+,16+,18+,19+,20-/m0/s1. The quantitative estimate of drug-likeness (QED) is 0.773. The number of ketones is 2. The van der Waals surface area contributed by atoms with Crippen molar-refractivity contribution < 1.29 is 19.8 Å². The van der Waals surface area contributed by atoms with E-state index in [1.807, 2.05) is 27.7 Å². The number of hydrogen-bond acceptors (Lipinski definition) is 4. The minimum Gasteiger partial charge on any atom is -0.385 e. The summed E-state index contributed by atoms with van der Waals surface area (Å²) in [4.78, 5) is 25.0. The Bertz CT molecular complexity index is 621. The van der Waals surface area contributed by atoms with E-state index in [1.54, 1.807) is 13.0 Å². The summed E-state index contributed by atoms with van der Waals surface area (Å²) in [5.74, 6) is -0.850. The lowest BCUT2D eigenvalue weighted by Gasteiger charge is -2.47. The summed E-state index contributed by atoms with van der Waals surface area (Å²) < 4.78 is 0. The Labute approximate surface area is 144 Å². The monoisotopic (exact) mass is 334 g/mol. The predicted octanol–water partition coefficient (Wildman–Crippen LogP) is 2.67. The van der Waals surface area contributed by atoms with Crippen molar-refractivity contribution in [1.82, 2.24) is 0 Å². The number of carbonyl (C=O) groups excluding carboxylic acids is 2. The van der Waals surface area contributed by atoms with Gasteiger partial charge in [-0.1, -0.05) is 34.6 Å². The Morgan fingerprint density at radius 3 is 2.38 bits per heavy atom. The Balaban J connectivity index is 2.09. The Morgan fingerprint density at radius 2 is 1.79 bits per heavy atom. The number of fused-ring (bicyclic) bond motifs is 2. The van der Waals surface area contributed by atoms with Crippen LogP contribution >= 0.6 is 0 Å². The van der Waals surface area contributed by atoms with Crippen molar-refractivity contribution in [3.05, 3.63) is 11.6 Å². The Hall–Kier alpha value is -1.00. The first kappa shape index (κ1) is 17.8. The first-order valence-electron chi connectivity index (χ1n) is 9.20. The Morgan fingerprint density at radius 1 is 1.17 bits per heavy atom. The lowest BCUT2D eigenvalue weighted by Crippen LogP contribution is -2.51. The molecule has 0 aromatic heterocycles. The largest absolute Gasteiger partial charge is 0.385 e. The van der Waals surface area contributed by atoms with Crippen LogP contribution in [0.3, 0.4) is 0 Å². The highest BCUT2D eigenvalue weighted by Gasteiger charge is 2.64. The van der Waals surface area contributed by atoms with Gasteiger partial charge < -0.3 is 10.2 Å². The highest BCUT2D eigenvalue weighted by atomic mass is 16.3. The van der Waals surface area contributed by atoms with Crippen molar-refractivity contribution >= 4 is 11.6 Å². The molecule has 0 spiro atoms. The average molecular weight is 334 g/mol. The predicted molar refractivity (Wildman–Crippen MR) is 91.2 cm³/mol. The molecule has 0 aliphatic heterocycles. The first-order chi connectivity index (χ1) is 11.0. The van der Waals surface area contributed by atoms with Gasteiger partial charge in [0.2, 0.25) is 0 Å². The van der Waals surface area contributed by atoms with Gasteiger partial charge in [0, 0.05) is 12.3 Å². The van der Waals surface area contributed by atoms with Gasteiger partial charge in [0.25, 0.3) is 0 Å². The molecular weight excluding hydrogens is 304 g/mol. The summed E-state index contributed by atoms with van der Waals surface area (Å²) in [7, 11) is 0. The zero-order valence-corrected chi connectivity index (χ0v) is 15.4. The van der Waals surface area contributed by atoms with Gasteiger partial charge in [0.1, 0.15) is 5.60 Å². The topological polar surface area (TPSA) is 74.6 Å². The maximum absolute atomic E-state index is 12.7. The molecule has 4 heteroatoms. The van der Waals surface area contributed by atoms with Crippen LogP contribution in [0, 0.1) is 29.1 Å². The molecule has 0 radical (unpaired) electrons.